The van der Waals surface area contributed by atoms with E-state index in [1.807, 2.05) is 0 Å². The summed E-state index contributed by atoms with van der Waals surface area (Å²) in [5.41, 5.74) is 6.60. The molecule has 5 N–H and O–H groups in total. The number of nitrogens with one attached hydrogen (secondary N) is 1. The Morgan fingerprint density at radius 3 is 3.00 bits per heavy atom. The molecule has 10 nitrogen and oxygen atoms in total. The Kier molecular flexibility index (Phi) is 4.28. The standard InChI is InChI=1S/C15H16N6O4S/c16-12-10-13(18-5-17-12)21(6-19-10)15-9(11(23)7(4-22)25-15)20-14(24)8-2-1-3-26-8/h1-3,5-7,9,11,15,22-23H,4H2,(H,20,24)(H2,16,17,18)/t7-,9-,11-,15-/m1/s1. The smallest absolute Gasteiger partial charge is 0.261 e. The molecular formula is C15H16N6O4S. The van der Waals surface area contributed by atoms with Crippen molar-refractivity contribution in [1.29, 1.82) is 0 Å². The number of carbonyl (C=O) groups excluding carboxylic acids is 1. The number of imidazole rings is 1. The summed E-state index contributed by atoms with van der Waals surface area (Å²) in [5, 5.41) is 24.5. The van der Waals surface area contributed by atoms with Gasteiger partial charge in [-0.2, -0.15) is 0 Å². The highest BCUT2D eigenvalue weighted by atomic mass is 32.1. The molecule has 0 unspecified atom stereocenters. The fourth-order valence-corrected chi connectivity index (χ4v) is 3.60. The minimum atomic E-state index is -1.11. The third-order valence-corrected chi connectivity index (χ3v) is 5.12. The number of amides is 1. The molecule has 26 heavy (non-hydrogen) atoms. The summed E-state index contributed by atoms with van der Waals surface area (Å²) in [6.45, 7) is -0.396. The monoisotopic (exact) mass is 376 g/mol. The Bertz CT molecular complexity index is 930. The maximum Gasteiger partial charge on any atom is 0.261 e. The molecule has 4 rings (SSSR count). The summed E-state index contributed by atoms with van der Waals surface area (Å²) in [4.78, 5) is 25.2. The number of ether oxygens (including phenoxy) is 1. The van der Waals surface area contributed by atoms with Gasteiger partial charge in [-0.1, -0.05) is 6.07 Å². The number of rotatable bonds is 4. The van der Waals surface area contributed by atoms with Crippen molar-refractivity contribution < 1.29 is 19.7 Å². The predicted octanol–water partition coefficient (Wildman–Crippen LogP) is -0.481. The molecule has 0 spiro atoms. The average Bonchev–Trinajstić information content (AvgIpc) is 3.35. The molecule has 0 radical (unpaired) electrons. The molecule has 136 valence electrons. The van der Waals surface area contributed by atoms with E-state index < -0.39 is 31.1 Å². The summed E-state index contributed by atoms with van der Waals surface area (Å²) >= 11 is 1.29. The zero-order valence-corrected chi connectivity index (χ0v) is 14.2. The lowest BCUT2D eigenvalue weighted by Crippen LogP contribution is -2.46. The van der Waals surface area contributed by atoms with E-state index >= 15 is 0 Å². The van der Waals surface area contributed by atoms with Gasteiger partial charge in [0.25, 0.3) is 5.91 Å². The van der Waals surface area contributed by atoms with E-state index in [0.29, 0.717) is 16.0 Å². The first-order chi connectivity index (χ1) is 12.6. The molecule has 4 heterocycles. The van der Waals surface area contributed by atoms with Gasteiger partial charge in [-0.05, 0) is 11.4 Å². The molecule has 0 aromatic carbocycles. The first kappa shape index (κ1) is 16.8. The van der Waals surface area contributed by atoms with Gasteiger partial charge >= 0.3 is 0 Å². The Balaban J connectivity index is 1.70. The maximum absolute atomic E-state index is 12.4. The average molecular weight is 376 g/mol. The molecule has 1 saturated heterocycles. The lowest BCUT2D eigenvalue weighted by atomic mass is 10.1. The van der Waals surface area contributed by atoms with Crippen LogP contribution in [0.4, 0.5) is 5.82 Å². The first-order valence-electron chi connectivity index (χ1n) is 7.82. The van der Waals surface area contributed by atoms with Crippen LogP contribution in [-0.4, -0.2) is 60.5 Å². The molecular weight excluding hydrogens is 360 g/mol. The molecule has 1 aliphatic rings. The quantitative estimate of drug-likeness (QED) is 0.477. The number of fused-ring (bicyclic) bond motifs is 1. The van der Waals surface area contributed by atoms with E-state index in [2.05, 4.69) is 20.3 Å². The Morgan fingerprint density at radius 2 is 2.27 bits per heavy atom. The Labute approximate surface area is 151 Å². The number of carbonyl (C=O) groups is 1. The number of nitrogen functional groups attached to an aromatic ring is 1. The zero-order valence-electron chi connectivity index (χ0n) is 13.4. The van der Waals surface area contributed by atoms with Crippen molar-refractivity contribution in [2.24, 2.45) is 0 Å². The molecule has 1 fully saturated rings. The highest BCUT2D eigenvalue weighted by Crippen LogP contribution is 2.32. The molecule has 1 aliphatic heterocycles. The van der Waals surface area contributed by atoms with Gasteiger partial charge in [0.15, 0.2) is 17.7 Å². The van der Waals surface area contributed by atoms with Crippen LogP contribution < -0.4 is 11.1 Å². The Hall–Kier alpha value is -2.60. The third kappa shape index (κ3) is 2.70. The molecule has 0 aliphatic carbocycles. The minimum absolute atomic E-state index is 0.213. The number of nitrogens with zero attached hydrogens (tertiary/aromatic N) is 4. The van der Waals surface area contributed by atoms with Crippen molar-refractivity contribution in [2.75, 3.05) is 12.3 Å². The first-order valence-corrected chi connectivity index (χ1v) is 8.70. The van der Waals surface area contributed by atoms with Crippen molar-refractivity contribution in [3.8, 4) is 0 Å². The van der Waals surface area contributed by atoms with Gasteiger partial charge in [0.05, 0.1) is 17.8 Å². The predicted molar refractivity (Wildman–Crippen MR) is 92.3 cm³/mol. The third-order valence-electron chi connectivity index (χ3n) is 4.25. The minimum Gasteiger partial charge on any atom is -0.394 e. The molecule has 1 amide bonds. The summed E-state index contributed by atoms with van der Waals surface area (Å²) < 4.78 is 7.32. The van der Waals surface area contributed by atoms with E-state index in [0.717, 1.165) is 0 Å². The van der Waals surface area contributed by atoms with Crippen LogP contribution >= 0.6 is 11.3 Å². The molecule has 11 heteroatoms. The van der Waals surface area contributed by atoms with Crippen LogP contribution in [0.15, 0.2) is 30.2 Å². The lowest BCUT2D eigenvalue weighted by molar-refractivity contribution is -0.0440. The van der Waals surface area contributed by atoms with Crippen LogP contribution in [0.5, 0.6) is 0 Å². The molecule has 0 saturated carbocycles. The number of nitrogens with two attached hydrogens (primary N) is 1. The van der Waals surface area contributed by atoms with Gasteiger partial charge < -0.3 is 26.0 Å². The topological polar surface area (TPSA) is 148 Å². The van der Waals surface area contributed by atoms with Crippen LogP contribution in [0, 0.1) is 0 Å². The highest BCUT2D eigenvalue weighted by molar-refractivity contribution is 7.12. The summed E-state index contributed by atoms with van der Waals surface area (Å²) in [5.74, 6) is -0.125. The largest absolute Gasteiger partial charge is 0.394 e. The number of aliphatic hydroxyl groups is 2. The van der Waals surface area contributed by atoms with Crippen LogP contribution in [0.1, 0.15) is 15.9 Å². The maximum atomic E-state index is 12.4. The summed E-state index contributed by atoms with van der Waals surface area (Å²) in [7, 11) is 0. The second-order valence-electron chi connectivity index (χ2n) is 5.80. The second-order valence-corrected chi connectivity index (χ2v) is 6.75. The molecule has 3 aromatic rings. The van der Waals surface area contributed by atoms with Gasteiger partial charge in [0, 0.05) is 0 Å². The van der Waals surface area contributed by atoms with E-state index in [1.54, 1.807) is 22.1 Å². The highest BCUT2D eigenvalue weighted by Gasteiger charge is 2.46. The van der Waals surface area contributed by atoms with Gasteiger partial charge in [-0.3, -0.25) is 9.36 Å². The number of aromatic nitrogens is 4. The number of anilines is 1. The normalized spacial score (nSPS) is 25.6. The van der Waals surface area contributed by atoms with Crippen molar-refractivity contribution in [2.45, 2.75) is 24.5 Å². The molecule has 0 bridgehead atoms. The van der Waals surface area contributed by atoms with Crippen LogP contribution in [0.3, 0.4) is 0 Å². The second kappa shape index (κ2) is 6.61. The van der Waals surface area contributed by atoms with Crippen molar-refractivity contribution in [3.05, 3.63) is 35.0 Å². The van der Waals surface area contributed by atoms with E-state index in [9.17, 15) is 15.0 Å². The molecule has 4 atom stereocenters. The number of hydrogen-bond donors (Lipinski definition) is 4. The lowest BCUT2D eigenvalue weighted by Gasteiger charge is -2.22. The summed E-state index contributed by atoms with van der Waals surface area (Å²) in [6.07, 6.45) is -0.0256. The Morgan fingerprint density at radius 1 is 1.42 bits per heavy atom. The van der Waals surface area contributed by atoms with Gasteiger partial charge in [0.2, 0.25) is 0 Å². The number of thiophene rings is 1. The van der Waals surface area contributed by atoms with Gasteiger partial charge in [-0.25, -0.2) is 15.0 Å². The van der Waals surface area contributed by atoms with Crippen molar-refractivity contribution >= 4 is 34.2 Å². The van der Waals surface area contributed by atoms with Crippen LogP contribution in [0.25, 0.3) is 11.2 Å². The van der Waals surface area contributed by atoms with Crippen molar-refractivity contribution in [3.63, 3.8) is 0 Å². The van der Waals surface area contributed by atoms with E-state index in [-0.39, 0.29) is 11.7 Å². The van der Waals surface area contributed by atoms with Crippen LogP contribution in [0.2, 0.25) is 0 Å². The number of hydrogen-bond acceptors (Lipinski definition) is 9. The van der Waals surface area contributed by atoms with Gasteiger partial charge in [0.1, 0.15) is 30.1 Å². The van der Waals surface area contributed by atoms with Crippen LogP contribution in [-0.2, 0) is 4.74 Å². The fourth-order valence-electron chi connectivity index (χ4n) is 2.98. The summed E-state index contributed by atoms with van der Waals surface area (Å²) in [6, 6.07) is 2.63. The van der Waals surface area contributed by atoms with E-state index in [4.69, 9.17) is 10.5 Å². The SMILES string of the molecule is Nc1ncnc2c1ncn2[C@@H]1O[C@H](CO)[C@@H](O)[C@H]1NC(=O)c1cccs1. The fraction of sp³-hybridized carbons (Fsp3) is 0.333. The van der Waals surface area contributed by atoms with Crippen molar-refractivity contribution in [1.82, 2.24) is 24.8 Å². The van der Waals surface area contributed by atoms with Gasteiger partial charge in [-0.15, -0.1) is 11.3 Å². The number of aliphatic hydroxyl groups excluding tert-OH is 2. The van der Waals surface area contributed by atoms with E-state index in [1.165, 1.54) is 24.0 Å². The zero-order chi connectivity index (χ0) is 18.3. The molecule has 3 aromatic heterocycles.